The first kappa shape index (κ1) is 23.3. The number of nitrogens with one attached hydrogen (secondary N) is 2. The molecule has 7 heteroatoms. The summed E-state index contributed by atoms with van der Waals surface area (Å²) in [6.07, 6.45) is 1.27. The molecule has 0 spiro atoms. The van der Waals surface area contributed by atoms with Crippen LogP contribution >= 0.6 is 23.5 Å². The molecule has 0 atom stereocenters. The van der Waals surface area contributed by atoms with Crippen molar-refractivity contribution in [2.45, 2.75) is 17.9 Å². The van der Waals surface area contributed by atoms with Gasteiger partial charge in [0.15, 0.2) is 6.61 Å². The van der Waals surface area contributed by atoms with Crippen LogP contribution < -0.4 is 15.4 Å². The average Bonchev–Trinajstić information content (AvgIpc) is 2.85. The maximum absolute atomic E-state index is 12.7. The van der Waals surface area contributed by atoms with E-state index in [1.165, 1.54) is 23.5 Å². The average molecular weight is 479 g/mol. The largest absolute Gasteiger partial charge is 0.484 e. The number of hydrogen-bond acceptors (Lipinski definition) is 5. The number of rotatable bonds is 7. The van der Waals surface area contributed by atoms with E-state index in [1.807, 2.05) is 72.9 Å². The maximum atomic E-state index is 12.7. The Labute approximate surface area is 202 Å². The van der Waals surface area contributed by atoms with Crippen molar-refractivity contribution in [1.82, 2.24) is 0 Å². The van der Waals surface area contributed by atoms with E-state index < -0.39 is 0 Å². The van der Waals surface area contributed by atoms with E-state index in [-0.39, 0.29) is 18.4 Å². The Bertz CT molecular complexity index is 1100. The van der Waals surface area contributed by atoms with Gasteiger partial charge in [-0.1, -0.05) is 36.4 Å². The van der Waals surface area contributed by atoms with Crippen molar-refractivity contribution in [3.63, 3.8) is 0 Å². The lowest BCUT2D eigenvalue weighted by molar-refractivity contribution is -0.118. The number of hydrogen-bond donors (Lipinski definition) is 2. The van der Waals surface area contributed by atoms with Crippen molar-refractivity contribution in [3.8, 4) is 5.75 Å². The lowest BCUT2D eigenvalue weighted by Crippen LogP contribution is -2.21. The lowest BCUT2D eigenvalue weighted by Gasteiger charge is -2.21. The molecule has 0 radical (unpaired) electrons. The predicted octanol–water partition coefficient (Wildman–Crippen LogP) is 6.13. The van der Waals surface area contributed by atoms with Gasteiger partial charge in [-0.2, -0.15) is 0 Å². The molecule has 0 unspecified atom stereocenters. The Hall–Kier alpha value is -2.90. The molecular weight excluding hydrogens is 452 g/mol. The molecule has 0 aliphatic carbocycles. The van der Waals surface area contributed by atoms with Crippen LogP contribution in [0.15, 0.2) is 72.8 Å². The number of carbonyl (C=O) groups is 2. The number of benzene rings is 3. The molecule has 1 aliphatic rings. The Morgan fingerprint density at radius 3 is 2.36 bits per heavy atom. The normalized spacial score (nSPS) is 13.8. The summed E-state index contributed by atoms with van der Waals surface area (Å²) in [6.45, 7) is 1.71. The smallest absolute Gasteiger partial charge is 0.262 e. The van der Waals surface area contributed by atoms with Gasteiger partial charge >= 0.3 is 0 Å². The van der Waals surface area contributed by atoms with Gasteiger partial charge in [-0.15, -0.1) is 23.5 Å². The molecule has 0 aromatic heterocycles. The Morgan fingerprint density at radius 1 is 0.909 bits per heavy atom. The monoisotopic (exact) mass is 478 g/mol. The van der Waals surface area contributed by atoms with Crippen molar-refractivity contribution in [2.24, 2.45) is 0 Å². The number of carbonyl (C=O) groups excluding carboxylic acids is 2. The molecule has 4 rings (SSSR count). The summed E-state index contributed by atoms with van der Waals surface area (Å²) in [5, 5.41) is 5.73. The number of ether oxygens (including phenoxy) is 1. The molecular formula is C26H26N2O3S2. The number of para-hydroxylation sites is 1. The fourth-order valence-electron chi connectivity index (χ4n) is 3.47. The molecule has 1 fully saturated rings. The van der Waals surface area contributed by atoms with Crippen molar-refractivity contribution in [2.75, 3.05) is 28.7 Å². The number of anilines is 2. The van der Waals surface area contributed by atoms with Crippen LogP contribution in [0.4, 0.5) is 11.4 Å². The Kier molecular flexibility index (Phi) is 7.96. The first-order valence-electron chi connectivity index (χ1n) is 10.8. The van der Waals surface area contributed by atoms with Gasteiger partial charge in [-0.25, -0.2) is 0 Å². The minimum Gasteiger partial charge on any atom is -0.484 e. The molecule has 170 valence electrons. The van der Waals surface area contributed by atoms with E-state index in [0.29, 0.717) is 27.1 Å². The van der Waals surface area contributed by atoms with Crippen LogP contribution in [-0.2, 0) is 4.79 Å². The molecule has 2 N–H and O–H groups in total. The molecule has 5 nitrogen and oxygen atoms in total. The van der Waals surface area contributed by atoms with Crippen molar-refractivity contribution >= 4 is 46.7 Å². The van der Waals surface area contributed by atoms with Gasteiger partial charge in [0.2, 0.25) is 0 Å². The van der Waals surface area contributed by atoms with Crippen LogP contribution in [0.5, 0.6) is 5.75 Å². The van der Waals surface area contributed by atoms with Crippen molar-refractivity contribution in [3.05, 3.63) is 89.5 Å². The van der Waals surface area contributed by atoms with Crippen LogP contribution in [0.2, 0.25) is 0 Å². The standard InChI is InChI=1S/C26H26N2O3S2/c1-18-22(25(30)27-20-7-3-2-4-8-20)9-5-10-23(18)28-24(29)17-31-21-13-11-19(12-14-21)26-32-15-6-16-33-26/h2-5,7-14,26H,6,15-17H2,1H3,(H,27,30)(H,28,29). The van der Waals surface area contributed by atoms with Gasteiger partial charge < -0.3 is 15.4 Å². The van der Waals surface area contributed by atoms with E-state index in [2.05, 4.69) is 22.8 Å². The molecule has 3 aromatic carbocycles. The highest BCUT2D eigenvalue weighted by Crippen LogP contribution is 2.43. The zero-order valence-electron chi connectivity index (χ0n) is 18.4. The van der Waals surface area contributed by atoms with E-state index in [9.17, 15) is 9.59 Å². The van der Waals surface area contributed by atoms with Gasteiger partial charge in [0.1, 0.15) is 5.75 Å². The number of amides is 2. The second-order valence-electron chi connectivity index (χ2n) is 7.63. The van der Waals surface area contributed by atoms with Gasteiger partial charge in [-0.3, -0.25) is 9.59 Å². The molecule has 1 heterocycles. The highest BCUT2D eigenvalue weighted by molar-refractivity contribution is 8.16. The first-order valence-corrected chi connectivity index (χ1v) is 12.9. The Morgan fingerprint density at radius 2 is 1.64 bits per heavy atom. The van der Waals surface area contributed by atoms with Crippen LogP contribution in [0.3, 0.4) is 0 Å². The highest BCUT2D eigenvalue weighted by atomic mass is 32.2. The lowest BCUT2D eigenvalue weighted by atomic mass is 10.1. The number of thioether (sulfide) groups is 2. The predicted molar refractivity (Wildman–Crippen MR) is 138 cm³/mol. The summed E-state index contributed by atoms with van der Waals surface area (Å²) in [7, 11) is 0. The third-order valence-electron chi connectivity index (χ3n) is 5.23. The summed E-state index contributed by atoms with van der Waals surface area (Å²) in [6, 6.07) is 22.5. The summed E-state index contributed by atoms with van der Waals surface area (Å²) in [4.78, 5) is 25.2. The van der Waals surface area contributed by atoms with Gasteiger partial charge in [-0.05, 0) is 72.4 Å². The fourth-order valence-corrected chi connectivity index (χ4v) is 6.37. The van der Waals surface area contributed by atoms with E-state index in [0.717, 1.165) is 5.69 Å². The summed E-state index contributed by atoms with van der Waals surface area (Å²) >= 11 is 3.95. The fraction of sp³-hybridized carbons (Fsp3) is 0.231. The van der Waals surface area contributed by atoms with Gasteiger partial charge in [0, 0.05) is 16.9 Å². The summed E-state index contributed by atoms with van der Waals surface area (Å²) in [5.41, 5.74) is 3.79. The minimum atomic E-state index is -0.277. The zero-order chi connectivity index (χ0) is 23.0. The van der Waals surface area contributed by atoms with Gasteiger partial charge in [0.05, 0.1) is 4.58 Å². The Balaban J connectivity index is 1.33. The second kappa shape index (κ2) is 11.3. The third kappa shape index (κ3) is 6.33. The minimum absolute atomic E-state index is 0.105. The van der Waals surface area contributed by atoms with E-state index in [4.69, 9.17) is 4.74 Å². The first-order chi connectivity index (χ1) is 16.1. The van der Waals surface area contributed by atoms with Crippen molar-refractivity contribution in [1.29, 1.82) is 0 Å². The topological polar surface area (TPSA) is 67.4 Å². The van der Waals surface area contributed by atoms with Crippen LogP contribution in [0.25, 0.3) is 0 Å². The quantitative estimate of drug-likeness (QED) is 0.427. The molecule has 1 saturated heterocycles. The maximum Gasteiger partial charge on any atom is 0.262 e. The van der Waals surface area contributed by atoms with Crippen LogP contribution in [0, 0.1) is 6.92 Å². The molecule has 2 amide bonds. The molecule has 0 bridgehead atoms. The highest BCUT2D eigenvalue weighted by Gasteiger charge is 2.17. The zero-order valence-corrected chi connectivity index (χ0v) is 20.0. The molecule has 33 heavy (non-hydrogen) atoms. The summed E-state index contributed by atoms with van der Waals surface area (Å²) in [5.74, 6) is 2.56. The second-order valence-corrected chi connectivity index (χ2v) is 10.4. The van der Waals surface area contributed by atoms with Crippen molar-refractivity contribution < 1.29 is 14.3 Å². The van der Waals surface area contributed by atoms with E-state index >= 15 is 0 Å². The van der Waals surface area contributed by atoms with E-state index in [1.54, 1.807) is 18.2 Å². The van der Waals surface area contributed by atoms with Crippen LogP contribution in [-0.4, -0.2) is 29.9 Å². The molecule has 1 aliphatic heterocycles. The molecule has 3 aromatic rings. The SMILES string of the molecule is Cc1c(NC(=O)COc2ccc(C3SCCCS3)cc2)cccc1C(=O)Nc1ccccc1. The van der Waals surface area contributed by atoms with Gasteiger partial charge in [0.25, 0.3) is 11.8 Å². The third-order valence-corrected chi connectivity index (χ3v) is 8.25. The van der Waals surface area contributed by atoms with Crippen LogP contribution in [0.1, 0.15) is 32.5 Å². The molecule has 0 saturated carbocycles. The summed E-state index contributed by atoms with van der Waals surface area (Å²) < 4.78 is 6.15.